The Kier molecular flexibility index (Phi) is 6.05. The summed E-state index contributed by atoms with van der Waals surface area (Å²) in [7, 11) is 0. The number of aliphatic hydroxyl groups excluding tert-OH is 1. The van der Waals surface area contributed by atoms with E-state index in [0.29, 0.717) is 38.8 Å². The molecule has 140 valence electrons. The number of H-pyrrole nitrogens is 1. The van der Waals surface area contributed by atoms with Crippen molar-refractivity contribution in [2.45, 2.75) is 30.6 Å². The molecule has 0 bridgehead atoms. The molecule has 2 aromatic heterocycles. The summed E-state index contributed by atoms with van der Waals surface area (Å²) < 4.78 is 38.3. The Balaban J connectivity index is 0.00000243. The number of aromatic hydroxyl groups is 1. The van der Waals surface area contributed by atoms with Gasteiger partial charge in [-0.15, -0.1) is 12.4 Å². The Morgan fingerprint density at radius 3 is 2.65 bits per heavy atom. The zero-order valence-electron chi connectivity index (χ0n) is 13.5. The predicted molar refractivity (Wildman–Crippen MR) is 94.5 cm³/mol. The number of aryl methyl sites for hydroxylation is 1. The number of hydrogen-bond donors (Lipinski definition) is 3. The van der Waals surface area contributed by atoms with Crippen molar-refractivity contribution in [2.75, 3.05) is 0 Å². The van der Waals surface area contributed by atoms with E-state index < -0.39 is 11.7 Å². The second-order valence-electron chi connectivity index (χ2n) is 5.41. The third kappa shape index (κ3) is 4.05. The Morgan fingerprint density at radius 1 is 1.27 bits per heavy atom. The lowest BCUT2D eigenvalue weighted by molar-refractivity contribution is -0.137. The number of nitrogens with one attached hydrogen (secondary N) is 1. The van der Waals surface area contributed by atoms with Crippen molar-refractivity contribution >= 4 is 35.2 Å². The molecular formula is C16H15ClF3N3O2S. The molecule has 0 saturated carbocycles. The van der Waals surface area contributed by atoms with Crippen LogP contribution in [0.4, 0.5) is 13.2 Å². The molecule has 10 heteroatoms. The fourth-order valence-electron chi connectivity index (χ4n) is 2.36. The van der Waals surface area contributed by atoms with E-state index in [1.807, 2.05) is 0 Å². The number of aromatic nitrogens is 3. The lowest BCUT2D eigenvalue weighted by atomic mass is 10.1. The van der Waals surface area contributed by atoms with E-state index in [1.54, 1.807) is 13.1 Å². The van der Waals surface area contributed by atoms with Gasteiger partial charge in [0.1, 0.15) is 5.75 Å². The topological polar surface area (TPSA) is 82.0 Å². The maximum atomic E-state index is 12.8. The summed E-state index contributed by atoms with van der Waals surface area (Å²) in [4.78, 5) is 11.1. The van der Waals surface area contributed by atoms with Gasteiger partial charge in [-0.05, 0) is 30.7 Å². The first-order chi connectivity index (χ1) is 11.8. The normalized spacial score (nSPS) is 11.6. The lowest BCUT2D eigenvalue weighted by Crippen LogP contribution is -2.04. The van der Waals surface area contributed by atoms with Crippen molar-refractivity contribution in [1.29, 1.82) is 0 Å². The number of halogens is 4. The van der Waals surface area contributed by atoms with Crippen molar-refractivity contribution in [3.05, 3.63) is 46.8 Å². The number of pyridine rings is 1. The number of fused-ring (bicyclic) bond motifs is 1. The van der Waals surface area contributed by atoms with Gasteiger partial charge in [0.25, 0.3) is 0 Å². The molecule has 3 rings (SSSR count). The molecule has 0 fully saturated rings. The second kappa shape index (κ2) is 7.73. The average molecular weight is 406 g/mol. The predicted octanol–water partition coefficient (Wildman–Crippen LogP) is 4.20. The fourth-order valence-corrected chi connectivity index (χ4v) is 3.25. The van der Waals surface area contributed by atoms with Crippen molar-refractivity contribution in [2.24, 2.45) is 0 Å². The van der Waals surface area contributed by atoms with Gasteiger partial charge in [-0.2, -0.15) is 13.2 Å². The van der Waals surface area contributed by atoms with Crippen molar-refractivity contribution in [3.63, 3.8) is 0 Å². The van der Waals surface area contributed by atoms with Gasteiger partial charge in [-0.1, -0.05) is 11.8 Å². The Labute approximate surface area is 157 Å². The van der Waals surface area contributed by atoms with Crippen LogP contribution in [0.5, 0.6) is 5.75 Å². The second-order valence-corrected chi connectivity index (χ2v) is 6.38. The first-order valence-electron chi connectivity index (χ1n) is 7.26. The minimum Gasteiger partial charge on any atom is -0.506 e. The van der Waals surface area contributed by atoms with Crippen LogP contribution in [0, 0.1) is 6.92 Å². The van der Waals surface area contributed by atoms with E-state index in [9.17, 15) is 23.4 Å². The van der Waals surface area contributed by atoms with Crippen LogP contribution < -0.4 is 0 Å². The number of nitrogens with zero attached hydrogens (tertiary/aromatic N) is 2. The highest BCUT2D eigenvalue weighted by Gasteiger charge is 2.30. The summed E-state index contributed by atoms with van der Waals surface area (Å²) in [6, 6.07) is 3.32. The highest BCUT2D eigenvalue weighted by Crippen LogP contribution is 2.33. The Morgan fingerprint density at radius 2 is 2.00 bits per heavy atom. The average Bonchev–Trinajstić information content (AvgIpc) is 2.97. The number of hydrogen-bond acceptors (Lipinski definition) is 5. The summed E-state index contributed by atoms with van der Waals surface area (Å²) >= 11 is 1.25. The maximum absolute atomic E-state index is 12.8. The summed E-state index contributed by atoms with van der Waals surface area (Å²) in [5.74, 6) is 0.294. The molecule has 3 N–H and O–H groups in total. The van der Waals surface area contributed by atoms with Crippen molar-refractivity contribution in [1.82, 2.24) is 15.0 Å². The van der Waals surface area contributed by atoms with E-state index in [0.717, 1.165) is 12.1 Å². The number of alkyl halides is 3. The minimum atomic E-state index is -4.41. The molecule has 0 aliphatic carbocycles. The van der Waals surface area contributed by atoms with Gasteiger partial charge < -0.3 is 15.2 Å². The van der Waals surface area contributed by atoms with E-state index in [-0.39, 0.29) is 24.8 Å². The largest absolute Gasteiger partial charge is 0.506 e. The molecule has 0 saturated heterocycles. The van der Waals surface area contributed by atoms with Gasteiger partial charge in [-0.25, -0.2) is 4.98 Å². The molecule has 1 aromatic carbocycles. The van der Waals surface area contributed by atoms with Crippen LogP contribution in [0.15, 0.2) is 29.6 Å². The van der Waals surface area contributed by atoms with Crippen LogP contribution in [0.3, 0.4) is 0 Å². The number of rotatable bonds is 4. The van der Waals surface area contributed by atoms with Gasteiger partial charge in [0.2, 0.25) is 0 Å². The molecule has 26 heavy (non-hydrogen) atoms. The first kappa shape index (κ1) is 20.3. The Hall–Kier alpha value is -1.97. The standard InChI is InChI=1S/C16H14F3N3O2S.ClH/c1-8-14(24)11(6-23)9(5-20-8)7-25-15-21-12-3-2-10(16(17,18)19)4-13(12)22-15;/h2-5,23-24H,6-7H2,1H3,(H,21,22);1H. The molecular weight excluding hydrogens is 391 g/mol. The minimum absolute atomic E-state index is 0. The van der Waals surface area contributed by atoms with Crippen LogP contribution in [0.2, 0.25) is 0 Å². The highest BCUT2D eigenvalue weighted by atomic mass is 35.5. The molecule has 0 aliphatic rings. The summed E-state index contributed by atoms with van der Waals surface area (Å²) in [5, 5.41) is 19.8. The van der Waals surface area contributed by atoms with Gasteiger partial charge in [-0.3, -0.25) is 4.98 Å². The molecule has 0 unspecified atom stereocenters. The molecule has 0 spiro atoms. The van der Waals surface area contributed by atoms with E-state index >= 15 is 0 Å². The van der Waals surface area contributed by atoms with Crippen LogP contribution in [-0.4, -0.2) is 25.2 Å². The van der Waals surface area contributed by atoms with Crippen molar-refractivity contribution in [3.8, 4) is 5.75 Å². The quantitative estimate of drug-likeness (QED) is 0.567. The Bertz CT molecular complexity index is 931. The number of aliphatic hydroxyl groups is 1. The van der Waals surface area contributed by atoms with Gasteiger partial charge in [0.05, 0.1) is 28.9 Å². The van der Waals surface area contributed by atoms with E-state index in [2.05, 4.69) is 15.0 Å². The molecule has 3 aromatic rings. The highest BCUT2D eigenvalue weighted by molar-refractivity contribution is 7.98. The third-order valence-electron chi connectivity index (χ3n) is 3.74. The van der Waals surface area contributed by atoms with Gasteiger partial charge in [0, 0.05) is 17.5 Å². The smallest absolute Gasteiger partial charge is 0.416 e. The zero-order valence-corrected chi connectivity index (χ0v) is 15.1. The van der Waals surface area contributed by atoms with Crippen LogP contribution in [0.1, 0.15) is 22.4 Å². The maximum Gasteiger partial charge on any atom is 0.416 e. The summed E-state index contributed by atoms with van der Waals surface area (Å²) in [6.07, 6.45) is -2.86. The number of aromatic amines is 1. The molecule has 0 radical (unpaired) electrons. The number of benzene rings is 1. The summed E-state index contributed by atoms with van der Waals surface area (Å²) in [6.45, 7) is 1.29. The van der Waals surface area contributed by atoms with E-state index in [4.69, 9.17) is 0 Å². The number of thioether (sulfide) groups is 1. The molecule has 0 aliphatic heterocycles. The monoisotopic (exact) mass is 405 g/mol. The zero-order chi connectivity index (χ0) is 18.2. The molecule has 0 atom stereocenters. The SMILES string of the molecule is Cc1ncc(CSc2nc3ccc(C(F)(F)F)cc3[nH]2)c(CO)c1O.Cl. The number of imidazole rings is 1. The molecule has 5 nitrogen and oxygen atoms in total. The third-order valence-corrected chi connectivity index (χ3v) is 4.66. The molecule has 0 amide bonds. The van der Waals surface area contributed by atoms with Gasteiger partial charge >= 0.3 is 6.18 Å². The molecule has 2 heterocycles. The first-order valence-corrected chi connectivity index (χ1v) is 8.25. The van der Waals surface area contributed by atoms with Crippen LogP contribution in [0.25, 0.3) is 11.0 Å². The van der Waals surface area contributed by atoms with Gasteiger partial charge in [0.15, 0.2) is 5.16 Å². The van der Waals surface area contributed by atoms with Crippen molar-refractivity contribution < 1.29 is 23.4 Å². The van der Waals surface area contributed by atoms with E-state index in [1.165, 1.54) is 17.8 Å². The fraction of sp³-hybridized carbons (Fsp3) is 0.250. The van der Waals surface area contributed by atoms with Crippen LogP contribution in [-0.2, 0) is 18.5 Å². The van der Waals surface area contributed by atoms with Crippen LogP contribution >= 0.6 is 24.2 Å². The summed E-state index contributed by atoms with van der Waals surface area (Å²) in [5.41, 5.74) is 1.42. The lowest BCUT2D eigenvalue weighted by Gasteiger charge is -2.09.